The van der Waals surface area contributed by atoms with Crippen LogP contribution in [0.2, 0.25) is 4.34 Å². The lowest BCUT2D eigenvalue weighted by Crippen LogP contribution is -2.26. The van der Waals surface area contributed by atoms with Crippen LogP contribution >= 0.6 is 35.2 Å². The number of hydrogen-bond acceptors (Lipinski definition) is 4. The van der Waals surface area contributed by atoms with Crippen LogP contribution in [-0.4, -0.2) is 15.5 Å². The SMILES string of the molecule is CC(NC(=O)c1ccc2c(=O)n(C)c(=S)[nH]c2c1)c1ccc(Cl)s1. The minimum atomic E-state index is -0.228. The zero-order valence-corrected chi connectivity index (χ0v) is 15.3. The number of aromatic nitrogens is 2. The van der Waals surface area contributed by atoms with Gasteiger partial charge in [-0.2, -0.15) is 0 Å². The quantitative estimate of drug-likeness (QED) is 0.680. The molecule has 0 saturated heterocycles. The zero-order valence-electron chi connectivity index (χ0n) is 12.9. The Kier molecular flexibility index (Phi) is 4.58. The van der Waals surface area contributed by atoms with E-state index in [2.05, 4.69) is 10.3 Å². The number of nitrogens with one attached hydrogen (secondary N) is 2. The average molecular weight is 380 g/mol. The van der Waals surface area contributed by atoms with E-state index in [-0.39, 0.29) is 17.5 Å². The van der Waals surface area contributed by atoms with Gasteiger partial charge in [-0.25, -0.2) is 0 Å². The van der Waals surface area contributed by atoms with Crippen molar-refractivity contribution in [1.82, 2.24) is 14.9 Å². The van der Waals surface area contributed by atoms with E-state index >= 15 is 0 Å². The van der Waals surface area contributed by atoms with Gasteiger partial charge in [-0.15, -0.1) is 11.3 Å². The highest BCUT2D eigenvalue weighted by Crippen LogP contribution is 2.26. The number of carbonyl (C=O) groups is 1. The maximum absolute atomic E-state index is 12.5. The molecule has 3 aromatic rings. The fourth-order valence-corrected chi connectivity index (χ4v) is 3.62. The number of halogens is 1. The lowest BCUT2D eigenvalue weighted by Gasteiger charge is -2.12. The van der Waals surface area contributed by atoms with Crippen LogP contribution in [0.1, 0.15) is 28.2 Å². The van der Waals surface area contributed by atoms with Gasteiger partial charge in [0.2, 0.25) is 0 Å². The van der Waals surface area contributed by atoms with Crippen molar-refractivity contribution in [3.63, 3.8) is 0 Å². The first-order valence-electron chi connectivity index (χ1n) is 7.16. The normalized spacial score (nSPS) is 12.3. The molecule has 0 radical (unpaired) electrons. The first-order chi connectivity index (χ1) is 11.4. The third-order valence-electron chi connectivity index (χ3n) is 3.73. The summed E-state index contributed by atoms with van der Waals surface area (Å²) in [6.07, 6.45) is 0. The summed E-state index contributed by atoms with van der Waals surface area (Å²) in [5, 5.41) is 3.41. The van der Waals surface area contributed by atoms with Crippen LogP contribution in [-0.2, 0) is 7.05 Å². The van der Waals surface area contributed by atoms with E-state index in [1.807, 2.05) is 13.0 Å². The molecule has 0 saturated carbocycles. The summed E-state index contributed by atoms with van der Waals surface area (Å²) < 4.78 is 2.35. The predicted octanol–water partition coefficient (Wildman–Crippen LogP) is 3.80. The highest BCUT2D eigenvalue weighted by molar-refractivity contribution is 7.71. The molecule has 24 heavy (non-hydrogen) atoms. The van der Waals surface area contributed by atoms with E-state index in [0.29, 0.717) is 25.6 Å². The van der Waals surface area contributed by atoms with Gasteiger partial charge in [-0.1, -0.05) is 11.6 Å². The van der Waals surface area contributed by atoms with Crippen molar-refractivity contribution in [1.29, 1.82) is 0 Å². The van der Waals surface area contributed by atoms with Crippen molar-refractivity contribution in [3.8, 4) is 0 Å². The summed E-state index contributed by atoms with van der Waals surface area (Å²) in [6.45, 7) is 1.89. The van der Waals surface area contributed by atoms with E-state index < -0.39 is 0 Å². The molecule has 1 unspecified atom stereocenters. The smallest absolute Gasteiger partial charge is 0.261 e. The molecule has 0 aliphatic heterocycles. The summed E-state index contributed by atoms with van der Waals surface area (Å²) in [4.78, 5) is 28.6. The van der Waals surface area contributed by atoms with Gasteiger partial charge in [-0.3, -0.25) is 14.2 Å². The Bertz CT molecular complexity index is 1050. The van der Waals surface area contributed by atoms with Gasteiger partial charge in [-0.05, 0) is 49.5 Å². The number of carbonyl (C=O) groups excluding carboxylic acids is 1. The largest absolute Gasteiger partial charge is 0.345 e. The topological polar surface area (TPSA) is 66.9 Å². The van der Waals surface area contributed by atoms with E-state index in [0.717, 1.165) is 4.88 Å². The first-order valence-corrected chi connectivity index (χ1v) is 8.76. The molecule has 0 spiro atoms. The molecule has 1 amide bonds. The molecular formula is C16H14ClN3O2S2. The molecule has 2 aromatic heterocycles. The number of nitrogens with zero attached hydrogens (tertiary/aromatic N) is 1. The highest BCUT2D eigenvalue weighted by atomic mass is 35.5. The molecule has 2 heterocycles. The second-order valence-corrected chi connectivity index (χ2v) is 7.53. The molecule has 0 aliphatic carbocycles. The van der Waals surface area contributed by atoms with Crippen LogP contribution in [0.5, 0.6) is 0 Å². The number of benzene rings is 1. The Hall–Kier alpha value is -1.96. The number of amides is 1. The number of fused-ring (bicyclic) bond motifs is 1. The highest BCUT2D eigenvalue weighted by Gasteiger charge is 2.14. The maximum Gasteiger partial charge on any atom is 0.261 e. The Morgan fingerprint density at radius 2 is 2.12 bits per heavy atom. The van der Waals surface area contributed by atoms with Crippen LogP contribution in [0.25, 0.3) is 10.9 Å². The van der Waals surface area contributed by atoms with Crippen molar-refractivity contribution >= 4 is 52.0 Å². The van der Waals surface area contributed by atoms with Gasteiger partial charge in [0, 0.05) is 17.5 Å². The van der Waals surface area contributed by atoms with Crippen molar-refractivity contribution in [2.45, 2.75) is 13.0 Å². The van der Waals surface area contributed by atoms with Gasteiger partial charge < -0.3 is 10.3 Å². The molecule has 5 nitrogen and oxygen atoms in total. The fourth-order valence-electron chi connectivity index (χ4n) is 2.36. The van der Waals surface area contributed by atoms with E-state index in [1.165, 1.54) is 15.9 Å². The summed E-state index contributed by atoms with van der Waals surface area (Å²) in [6, 6.07) is 8.42. The van der Waals surface area contributed by atoms with Crippen molar-refractivity contribution in [3.05, 3.63) is 60.2 Å². The van der Waals surface area contributed by atoms with Gasteiger partial charge in [0.05, 0.1) is 21.3 Å². The molecule has 2 N–H and O–H groups in total. The zero-order chi connectivity index (χ0) is 17.4. The molecule has 0 aliphatic rings. The van der Waals surface area contributed by atoms with Crippen LogP contribution < -0.4 is 10.9 Å². The Morgan fingerprint density at radius 3 is 2.79 bits per heavy atom. The van der Waals surface area contributed by atoms with Gasteiger partial charge in [0.25, 0.3) is 11.5 Å². The standard InChI is InChI=1S/C16H14ClN3O2S2/c1-8(12-5-6-13(17)24-12)18-14(21)9-3-4-10-11(7-9)19-16(23)20(2)15(10)22/h3-8H,1-2H3,(H,18,21)(H,19,23). The molecule has 1 aromatic carbocycles. The third-order valence-corrected chi connectivity index (χ3v) is 5.52. The van der Waals surface area contributed by atoms with Crippen LogP contribution in [0, 0.1) is 4.77 Å². The molecule has 8 heteroatoms. The molecule has 0 bridgehead atoms. The van der Waals surface area contributed by atoms with Crippen molar-refractivity contribution in [2.24, 2.45) is 7.05 Å². The van der Waals surface area contributed by atoms with E-state index in [1.54, 1.807) is 31.3 Å². The lowest BCUT2D eigenvalue weighted by molar-refractivity contribution is 0.0940. The first kappa shape index (κ1) is 16.9. The number of aromatic amines is 1. The van der Waals surface area contributed by atoms with Crippen molar-refractivity contribution in [2.75, 3.05) is 0 Å². The monoisotopic (exact) mass is 379 g/mol. The average Bonchev–Trinajstić information content (AvgIpc) is 2.99. The predicted molar refractivity (Wildman–Crippen MR) is 99.6 cm³/mol. The molecular weight excluding hydrogens is 366 g/mol. The third kappa shape index (κ3) is 3.15. The van der Waals surface area contributed by atoms with Crippen LogP contribution in [0.3, 0.4) is 0 Å². The number of rotatable bonds is 3. The molecule has 124 valence electrons. The second-order valence-electron chi connectivity index (χ2n) is 5.39. The Morgan fingerprint density at radius 1 is 1.38 bits per heavy atom. The molecule has 3 rings (SSSR count). The summed E-state index contributed by atoms with van der Waals surface area (Å²) in [5.41, 5.74) is 0.806. The Labute approximate surface area is 151 Å². The van der Waals surface area contributed by atoms with Gasteiger partial charge in [0.15, 0.2) is 4.77 Å². The van der Waals surface area contributed by atoms with E-state index in [4.69, 9.17) is 23.8 Å². The van der Waals surface area contributed by atoms with Gasteiger partial charge >= 0.3 is 0 Å². The fraction of sp³-hybridized carbons (Fsp3) is 0.188. The number of thiophene rings is 1. The number of hydrogen-bond donors (Lipinski definition) is 2. The van der Waals surface area contributed by atoms with Crippen LogP contribution in [0.4, 0.5) is 0 Å². The van der Waals surface area contributed by atoms with Gasteiger partial charge in [0.1, 0.15) is 0 Å². The minimum absolute atomic E-state index is 0.159. The summed E-state index contributed by atoms with van der Waals surface area (Å²) in [7, 11) is 1.61. The molecule has 1 atom stereocenters. The minimum Gasteiger partial charge on any atom is -0.345 e. The lowest BCUT2D eigenvalue weighted by atomic mass is 10.1. The maximum atomic E-state index is 12.5. The second kappa shape index (κ2) is 6.51. The Balaban J connectivity index is 1.91. The summed E-state index contributed by atoms with van der Waals surface area (Å²) in [5.74, 6) is -0.228. The van der Waals surface area contributed by atoms with Crippen molar-refractivity contribution < 1.29 is 4.79 Å². The number of H-pyrrole nitrogens is 1. The molecule has 0 fully saturated rings. The summed E-state index contributed by atoms with van der Waals surface area (Å²) >= 11 is 12.5. The van der Waals surface area contributed by atoms with E-state index in [9.17, 15) is 9.59 Å². The van der Waals surface area contributed by atoms with Crippen LogP contribution in [0.15, 0.2) is 35.1 Å².